The number of carbonyl (C=O) groups is 2. The largest absolute Gasteiger partial charge is 0.464 e. The van der Waals surface area contributed by atoms with Crippen LogP contribution in [0.3, 0.4) is 0 Å². The van der Waals surface area contributed by atoms with Crippen LogP contribution in [0.15, 0.2) is 0 Å². The summed E-state index contributed by atoms with van der Waals surface area (Å²) in [5, 5.41) is 0. The van der Waals surface area contributed by atoms with Crippen molar-refractivity contribution in [3.05, 3.63) is 0 Å². The molecule has 6 heteroatoms. The zero-order chi connectivity index (χ0) is 14.0. The van der Waals surface area contributed by atoms with Gasteiger partial charge >= 0.3 is 11.9 Å². The van der Waals surface area contributed by atoms with Crippen molar-refractivity contribution in [1.82, 2.24) is 0 Å². The van der Waals surface area contributed by atoms with Crippen molar-refractivity contribution >= 4 is 11.9 Å². The van der Waals surface area contributed by atoms with E-state index in [0.717, 1.165) is 6.42 Å². The number of hydrogen-bond acceptors (Lipinski definition) is 6. The fourth-order valence-electron chi connectivity index (χ4n) is 2.44. The lowest BCUT2D eigenvalue weighted by Crippen LogP contribution is -2.38. The van der Waals surface area contributed by atoms with Crippen LogP contribution in [0.5, 0.6) is 0 Å². The predicted octanol–water partition coefficient (Wildman–Crippen LogP) is 0.674. The molecule has 2 rings (SSSR count). The van der Waals surface area contributed by atoms with Gasteiger partial charge in [0.05, 0.1) is 31.5 Å². The van der Waals surface area contributed by atoms with Crippen LogP contribution >= 0.6 is 0 Å². The second-order valence-corrected chi connectivity index (χ2v) is 4.80. The molecular formula is C13H20O6. The van der Waals surface area contributed by atoms with Gasteiger partial charge in [0.1, 0.15) is 0 Å². The van der Waals surface area contributed by atoms with Crippen LogP contribution in [0.4, 0.5) is 0 Å². The van der Waals surface area contributed by atoms with E-state index in [4.69, 9.17) is 18.9 Å². The Kier molecular flexibility index (Phi) is 4.42. The third kappa shape index (κ3) is 3.06. The van der Waals surface area contributed by atoms with Crippen molar-refractivity contribution in [3.8, 4) is 0 Å². The summed E-state index contributed by atoms with van der Waals surface area (Å²) in [5.74, 6) is -1.11. The van der Waals surface area contributed by atoms with Crippen LogP contribution < -0.4 is 0 Å². The summed E-state index contributed by atoms with van der Waals surface area (Å²) >= 11 is 0. The summed E-state index contributed by atoms with van der Waals surface area (Å²) in [6.07, 6.45) is -0.377. The normalized spacial score (nSPS) is 32.0. The van der Waals surface area contributed by atoms with E-state index in [1.54, 1.807) is 13.8 Å². The molecule has 1 aliphatic carbocycles. The molecule has 19 heavy (non-hydrogen) atoms. The first-order chi connectivity index (χ1) is 9.08. The number of esters is 2. The van der Waals surface area contributed by atoms with E-state index in [9.17, 15) is 9.59 Å². The molecule has 108 valence electrons. The van der Waals surface area contributed by atoms with E-state index in [2.05, 4.69) is 0 Å². The lowest BCUT2D eigenvalue weighted by molar-refractivity contribution is -0.176. The van der Waals surface area contributed by atoms with Gasteiger partial charge in [-0.1, -0.05) is 0 Å². The lowest BCUT2D eigenvalue weighted by atomic mass is 10.2. The summed E-state index contributed by atoms with van der Waals surface area (Å²) in [7, 11) is 0. The molecule has 6 nitrogen and oxygen atoms in total. The fourth-order valence-corrected chi connectivity index (χ4v) is 2.44. The first kappa shape index (κ1) is 14.3. The summed E-state index contributed by atoms with van der Waals surface area (Å²) in [6.45, 7) is 5.75. The molecule has 1 saturated heterocycles. The lowest BCUT2D eigenvalue weighted by Gasteiger charge is -2.17. The van der Waals surface area contributed by atoms with Crippen LogP contribution in [-0.2, 0) is 28.5 Å². The van der Waals surface area contributed by atoms with Crippen LogP contribution in [0.25, 0.3) is 0 Å². The standard InChI is InChI=1S/C13H20O6/c1-4-16-12(14)11(13(15)17-5-2)19-10-8-6-7(3)18-9(8)10/h7-11H,4-6H2,1-3H3/t7-,8?,9-,10?/m0/s1. The van der Waals surface area contributed by atoms with Crippen molar-refractivity contribution in [2.45, 2.75) is 51.6 Å². The van der Waals surface area contributed by atoms with Gasteiger partial charge in [-0.2, -0.15) is 0 Å². The van der Waals surface area contributed by atoms with Crippen molar-refractivity contribution in [2.24, 2.45) is 5.92 Å². The topological polar surface area (TPSA) is 71.1 Å². The third-order valence-electron chi connectivity index (χ3n) is 3.31. The Bertz CT molecular complexity index is 325. The average Bonchev–Trinajstić information content (AvgIpc) is 2.80. The van der Waals surface area contributed by atoms with Gasteiger partial charge in [0.2, 0.25) is 0 Å². The molecule has 0 radical (unpaired) electrons. The molecule has 0 spiro atoms. The summed E-state index contributed by atoms with van der Waals surface area (Å²) in [4.78, 5) is 23.4. The minimum atomic E-state index is -1.30. The van der Waals surface area contributed by atoms with E-state index in [1.807, 2.05) is 6.92 Å². The van der Waals surface area contributed by atoms with Gasteiger partial charge in [-0.25, -0.2) is 9.59 Å². The highest BCUT2D eigenvalue weighted by atomic mass is 16.6. The van der Waals surface area contributed by atoms with Gasteiger partial charge in [-0.3, -0.25) is 0 Å². The minimum Gasteiger partial charge on any atom is -0.464 e. The molecular weight excluding hydrogens is 252 g/mol. The Labute approximate surface area is 112 Å². The second kappa shape index (κ2) is 5.88. The van der Waals surface area contributed by atoms with Crippen LogP contribution in [0.2, 0.25) is 0 Å². The molecule has 0 aromatic rings. The monoisotopic (exact) mass is 272 g/mol. The Morgan fingerprint density at radius 1 is 1.21 bits per heavy atom. The molecule has 2 unspecified atom stereocenters. The Morgan fingerprint density at radius 3 is 2.21 bits per heavy atom. The van der Waals surface area contributed by atoms with Crippen LogP contribution in [0.1, 0.15) is 27.2 Å². The third-order valence-corrected chi connectivity index (χ3v) is 3.31. The summed E-state index contributed by atoms with van der Waals surface area (Å²) in [6, 6.07) is 0. The summed E-state index contributed by atoms with van der Waals surface area (Å²) in [5.41, 5.74) is 0. The smallest absolute Gasteiger partial charge is 0.347 e. The molecule has 0 amide bonds. The maximum Gasteiger partial charge on any atom is 0.347 e. The molecule has 0 aromatic heterocycles. The zero-order valence-electron chi connectivity index (χ0n) is 11.5. The van der Waals surface area contributed by atoms with Gasteiger partial charge in [-0.05, 0) is 27.2 Å². The molecule has 0 N–H and O–H groups in total. The zero-order valence-corrected chi connectivity index (χ0v) is 11.5. The fraction of sp³-hybridized carbons (Fsp3) is 0.846. The van der Waals surface area contributed by atoms with E-state index in [0.29, 0.717) is 0 Å². The molecule has 1 saturated carbocycles. The Balaban J connectivity index is 1.91. The number of carbonyl (C=O) groups excluding carboxylic acids is 2. The molecule has 1 heterocycles. The van der Waals surface area contributed by atoms with Crippen molar-refractivity contribution in [3.63, 3.8) is 0 Å². The van der Waals surface area contributed by atoms with E-state index < -0.39 is 18.0 Å². The van der Waals surface area contributed by atoms with Gasteiger partial charge in [0.15, 0.2) is 0 Å². The number of rotatable bonds is 6. The van der Waals surface area contributed by atoms with E-state index >= 15 is 0 Å². The first-order valence-electron chi connectivity index (χ1n) is 6.72. The van der Waals surface area contributed by atoms with Crippen molar-refractivity contribution < 1.29 is 28.5 Å². The van der Waals surface area contributed by atoms with Crippen LogP contribution in [0, 0.1) is 5.92 Å². The summed E-state index contributed by atoms with van der Waals surface area (Å²) < 4.78 is 20.8. The van der Waals surface area contributed by atoms with Gasteiger partial charge in [-0.15, -0.1) is 0 Å². The molecule has 0 bridgehead atoms. The Hall–Kier alpha value is -1.14. The van der Waals surface area contributed by atoms with Crippen molar-refractivity contribution in [1.29, 1.82) is 0 Å². The molecule has 2 fully saturated rings. The van der Waals surface area contributed by atoms with Gasteiger partial charge < -0.3 is 18.9 Å². The Morgan fingerprint density at radius 2 is 1.79 bits per heavy atom. The van der Waals surface area contributed by atoms with E-state index in [1.165, 1.54) is 0 Å². The molecule has 1 aliphatic heterocycles. The number of ether oxygens (including phenoxy) is 4. The van der Waals surface area contributed by atoms with Gasteiger partial charge in [0.25, 0.3) is 6.10 Å². The second-order valence-electron chi connectivity index (χ2n) is 4.80. The number of fused-ring (bicyclic) bond motifs is 1. The molecule has 2 aliphatic rings. The van der Waals surface area contributed by atoms with E-state index in [-0.39, 0.29) is 37.4 Å². The first-order valence-corrected chi connectivity index (χ1v) is 6.72. The SMILES string of the molecule is CCOC(=O)C(OC1C2C[C@H](C)O[C@@H]21)C(=O)OCC. The maximum absolute atomic E-state index is 11.7. The minimum absolute atomic E-state index is 0.00125. The average molecular weight is 272 g/mol. The highest BCUT2D eigenvalue weighted by Crippen LogP contribution is 2.48. The van der Waals surface area contributed by atoms with Gasteiger partial charge in [0, 0.05) is 5.92 Å². The molecule has 4 atom stereocenters. The number of hydrogen-bond donors (Lipinski definition) is 0. The highest BCUT2D eigenvalue weighted by Gasteiger charge is 2.60. The van der Waals surface area contributed by atoms with Crippen molar-refractivity contribution in [2.75, 3.05) is 13.2 Å². The maximum atomic E-state index is 11.7. The highest BCUT2D eigenvalue weighted by molar-refractivity contribution is 5.98. The quantitative estimate of drug-likeness (QED) is 0.523. The molecule has 0 aromatic carbocycles. The van der Waals surface area contributed by atoms with Crippen LogP contribution in [-0.4, -0.2) is 49.6 Å². The predicted molar refractivity (Wildman–Crippen MR) is 64.4 cm³/mol.